The Morgan fingerprint density at radius 3 is 2.36 bits per heavy atom. The van der Waals surface area contributed by atoms with Crippen molar-refractivity contribution >= 4 is 40.7 Å². The summed E-state index contributed by atoms with van der Waals surface area (Å²) in [4.78, 5) is 4.86. The number of aromatic nitrogens is 2. The van der Waals surface area contributed by atoms with Crippen LogP contribution in [-0.4, -0.2) is 9.38 Å². The summed E-state index contributed by atoms with van der Waals surface area (Å²) in [6, 6.07) is 8.44. The molecule has 3 aromatic rings. The van der Waals surface area contributed by atoms with Crippen molar-refractivity contribution in [3.05, 3.63) is 58.9 Å². The Morgan fingerprint density at radius 2 is 1.77 bits per heavy atom. The van der Waals surface area contributed by atoms with Gasteiger partial charge in [0.1, 0.15) is 5.65 Å². The second-order valence-corrected chi connectivity index (χ2v) is 5.17. The van der Waals surface area contributed by atoms with E-state index in [0.717, 1.165) is 22.4 Å². The number of fused-ring (bicyclic) bond motifs is 3. The molecule has 0 amide bonds. The Balaban J connectivity index is 2.76. The van der Waals surface area contributed by atoms with Gasteiger partial charge in [-0.15, -0.1) is 0 Å². The van der Waals surface area contributed by atoms with Crippen LogP contribution in [0.5, 0.6) is 0 Å². The van der Waals surface area contributed by atoms with Gasteiger partial charge in [-0.2, -0.15) is 0 Å². The summed E-state index contributed by atoms with van der Waals surface area (Å²) in [6.45, 7) is 10.1. The third kappa shape index (κ3) is 1.92. The van der Waals surface area contributed by atoms with E-state index in [-0.39, 0.29) is 0 Å². The Hall–Kier alpha value is -2.61. The summed E-state index contributed by atoms with van der Waals surface area (Å²) in [7, 11) is 0. The van der Waals surface area contributed by atoms with Gasteiger partial charge in [-0.3, -0.25) is 4.40 Å². The van der Waals surface area contributed by atoms with Crippen LogP contribution in [0.2, 0.25) is 0 Å². The SMILES string of the molecule is C=Cc1c(/C=C\C)nc2c3ccccc3c(=C/C)/c(=C\C)n12. The molecular weight excluding hydrogens is 268 g/mol. The number of rotatable bonds is 2. The van der Waals surface area contributed by atoms with E-state index < -0.39 is 0 Å². The molecule has 0 aliphatic heterocycles. The molecule has 2 heteroatoms. The second-order valence-electron chi connectivity index (χ2n) is 5.17. The molecular formula is C20H20N2. The fourth-order valence-corrected chi connectivity index (χ4v) is 3.11. The molecule has 3 rings (SSSR count). The summed E-state index contributed by atoms with van der Waals surface area (Å²) in [6.07, 6.45) is 10.2. The van der Waals surface area contributed by atoms with Crippen molar-refractivity contribution in [2.24, 2.45) is 0 Å². The van der Waals surface area contributed by atoms with E-state index in [1.165, 1.54) is 16.0 Å². The van der Waals surface area contributed by atoms with Crippen LogP contribution >= 0.6 is 0 Å². The van der Waals surface area contributed by atoms with Gasteiger partial charge < -0.3 is 0 Å². The lowest BCUT2D eigenvalue weighted by atomic mass is 10.1. The van der Waals surface area contributed by atoms with E-state index in [0.29, 0.717) is 0 Å². The molecule has 0 saturated carbocycles. The number of pyridine rings is 1. The minimum atomic E-state index is 0.957. The quantitative estimate of drug-likeness (QED) is 0.702. The maximum atomic E-state index is 4.86. The molecule has 0 N–H and O–H groups in total. The number of allylic oxidation sites excluding steroid dienone is 1. The van der Waals surface area contributed by atoms with Crippen LogP contribution in [0, 0.1) is 0 Å². The normalized spacial score (nSPS) is 13.8. The number of imidazole rings is 1. The van der Waals surface area contributed by atoms with Gasteiger partial charge in [0.2, 0.25) is 0 Å². The maximum absolute atomic E-state index is 4.86. The first-order valence-corrected chi connectivity index (χ1v) is 7.57. The highest BCUT2D eigenvalue weighted by molar-refractivity contribution is 5.95. The summed E-state index contributed by atoms with van der Waals surface area (Å²) >= 11 is 0. The molecule has 0 fully saturated rings. The fourth-order valence-electron chi connectivity index (χ4n) is 3.11. The van der Waals surface area contributed by atoms with Crippen molar-refractivity contribution in [2.75, 3.05) is 0 Å². The predicted octanol–water partition coefficient (Wildman–Crippen LogP) is 3.76. The number of hydrogen-bond acceptors (Lipinski definition) is 1. The van der Waals surface area contributed by atoms with Gasteiger partial charge >= 0.3 is 0 Å². The average Bonchev–Trinajstić information content (AvgIpc) is 2.92. The largest absolute Gasteiger partial charge is 0.292 e. The zero-order valence-electron chi connectivity index (χ0n) is 13.3. The molecule has 2 heterocycles. The topological polar surface area (TPSA) is 17.3 Å². The third-order valence-electron chi connectivity index (χ3n) is 4.00. The molecule has 0 bridgehead atoms. The van der Waals surface area contributed by atoms with Crippen LogP contribution in [0.4, 0.5) is 0 Å². The second kappa shape index (κ2) is 5.64. The average molecular weight is 288 g/mol. The van der Waals surface area contributed by atoms with Gasteiger partial charge in [0.25, 0.3) is 0 Å². The highest BCUT2D eigenvalue weighted by Gasteiger charge is 2.12. The fraction of sp³-hybridized carbons (Fsp3) is 0.150. The molecule has 1 aromatic carbocycles. The van der Waals surface area contributed by atoms with Gasteiger partial charge in [0.15, 0.2) is 0 Å². The lowest BCUT2D eigenvalue weighted by Crippen LogP contribution is -2.32. The standard InChI is InChI=1S/C20H20N2/c1-5-11-17-19(8-4)22-18(7-3)14(6-2)15-12-9-10-13-16(15)20(22)21-17/h5-13H,4H2,1-3H3/b11-5-,14-6-,18-7+. The van der Waals surface area contributed by atoms with Crippen molar-refractivity contribution < 1.29 is 0 Å². The van der Waals surface area contributed by atoms with Crippen LogP contribution < -0.4 is 10.6 Å². The van der Waals surface area contributed by atoms with Crippen LogP contribution in [0.15, 0.2) is 36.9 Å². The zero-order valence-corrected chi connectivity index (χ0v) is 13.3. The smallest absolute Gasteiger partial charge is 0.146 e. The molecule has 0 aliphatic carbocycles. The van der Waals surface area contributed by atoms with E-state index in [2.05, 4.69) is 61.2 Å². The first-order chi connectivity index (χ1) is 10.8. The van der Waals surface area contributed by atoms with Gasteiger partial charge in [-0.25, -0.2) is 4.98 Å². The van der Waals surface area contributed by atoms with Gasteiger partial charge in [0, 0.05) is 10.6 Å². The van der Waals surface area contributed by atoms with Crippen LogP contribution in [0.25, 0.3) is 40.7 Å². The molecule has 0 saturated heterocycles. The van der Waals surface area contributed by atoms with Gasteiger partial charge in [-0.1, -0.05) is 49.1 Å². The first kappa shape index (κ1) is 14.3. The predicted molar refractivity (Wildman–Crippen MR) is 97.0 cm³/mol. The summed E-state index contributed by atoms with van der Waals surface area (Å²) in [5.74, 6) is 0. The number of nitrogens with zero attached hydrogens (tertiary/aromatic N) is 2. The lowest BCUT2D eigenvalue weighted by molar-refractivity contribution is 1.10. The monoisotopic (exact) mass is 288 g/mol. The molecule has 0 unspecified atom stereocenters. The molecule has 0 aliphatic rings. The molecule has 0 radical (unpaired) electrons. The van der Waals surface area contributed by atoms with E-state index in [1.54, 1.807) is 0 Å². The minimum absolute atomic E-state index is 0.957. The van der Waals surface area contributed by atoms with Crippen molar-refractivity contribution in [3.63, 3.8) is 0 Å². The van der Waals surface area contributed by atoms with Crippen molar-refractivity contribution in [3.8, 4) is 0 Å². The van der Waals surface area contributed by atoms with E-state index in [9.17, 15) is 0 Å². The Bertz CT molecular complexity index is 1020. The Kier molecular flexibility index (Phi) is 3.68. The summed E-state index contributed by atoms with van der Waals surface area (Å²) < 4.78 is 2.21. The Morgan fingerprint density at radius 1 is 1.05 bits per heavy atom. The lowest BCUT2D eigenvalue weighted by Gasteiger charge is -2.06. The number of hydrogen-bond donors (Lipinski definition) is 0. The van der Waals surface area contributed by atoms with Crippen molar-refractivity contribution in [1.29, 1.82) is 0 Å². The molecule has 2 nitrogen and oxygen atoms in total. The van der Waals surface area contributed by atoms with E-state index >= 15 is 0 Å². The highest BCUT2D eigenvalue weighted by Crippen LogP contribution is 2.20. The van der Waals surface area contributed by atoms with Gasteiger partial charge in [0.05, 0.1) is 16.7 Å². The highest BCUT2D eigenvalue weighted by atomic mass is 15.0. The van der Waals surface area contributed by atoms with Crippen molar-refractivity contribution in [1.82, 2.24) is 9.38 Å². The third-order valence-corrected chi connectivity index (χ3v) is 4.00. The van der Waals surface area contributed by atoms with Crippen LogP contribution in [0.3, 0.4) is 0 Å². The summed E-state index contributed by atoms with van der Waals surface area (Å²) in [5, 5.41) is 4.80. The molecule has 2 aromatic heterocycles. The molecule has 22 heavy (non-hydrogen) atoms. The van der Waals surface area contributed by atoms with Gasteiger partial charge in [-0.05, 0) is 38.3 Å². The summed E-state index contributed by atoms with van der Waals surface area (Å²) in [5.41, 5.74) is 2.98. The Labute approximate surface area is 130 Å². The number of benzene rings is 1. The van der Waals surface area contributed by atoms with Crippen LogP contribution in [0.1, 0.15) is 32.2 Å². The zero-order chi connectivity index (χ0) is 15.7. The maximum Gasteiger partial charge on any atom is 0.146 e. The van der Waals surface area contributed by atoms with E-state index in [1.807, 2.05) is 25.2 Å². The first-order valence-electron chi connectivity index (χ1n) is 7.57. The molecule has 0 spiro atoms. The van der Waals surface area contributed by atoms with Crippen LogP contribution in [-0.2, 0) is 0 Å². The molecule has 110 valence electrons. The minimum Gasteiger partial charge on any atom is -0.292 e. The van der Waals surface area contributed by atoms with E-state index in [4.69, 9.17) is 4.98 Å². The van der Waals surface area contributed by atoms with Crippen molar-refractivity contribution in [2.45, 2.75) is 20.8 Å². The molecule has 0 atom stereocenters.